The van der Waals surface area contributed by atoms with Crippen molar-refractivity contribution in [3.8, 4) is 0 Å². The minimum absolute atomic E-state index is 0.0692. The van der Waals surface area contributed by atoms with Gasteiger partial charge in [-0.25, -0.2) is 4.79 Å². The third kappa shape index (κ3) is 3.37. The van der Waals surface area contributed by atoms with Gasteiger partial charge >= 0.3 is 5.97 Å². The van der Waals surface area contributed by atoms with Crippen LogP contribution in [0.5, 0.6) is 0 Å². The summed E-state index contributed by atoms with van der Waals surface area (Å²) in [5.41, 5.74) is 7.21. The molecule has 0 heterocycles. The Morgan fingerprint density at radius 3 is 2.56 bits per heavy atom. The maximum atomic E-state index is 11.1. The van der Waals surface area contributed by atoms with E-state index in [1.807, 2.05) is 13.8 Å². The van der Waals surface area contributed by atoms with Gasteiger partial charge in [0.05, 0.1) is 5.56 Å². The summed E-state index contributed by atoms with van der Waals surface area (Å²) in [4.78, 5) is 11.1. The summed E-state index contributed by atoms with van der Waals surface area (Å²) in [6.45, 7) is 5.72. The molecule has 0 saturated heterocycles. The second-order valence-electron chi connectivity index (χ2n) is 5.04. The highest BCUT2D eigenvalue weighted by Gasteiger charge is 2.18. The Labute approximate surface area is 107 Å². The van der Waals surface area contributed by atoms with E-state index in [1.165, 1.54) is 6.07 Å². The van der Waals surface area contributed by atoms with Gasteiger partial charge in [-0.15, -0.1) is 0 Å². The van der Waals surface area contributed by atoms with Crippen LogP contribution < -0.4 is 11.1 Å². The van der Waals surface area contributed by atoms with Crippen LogP contribution in [-0.4, -0.2) is 28.3 Å². The number of rotatable bonds is 5. The van der Waals surface area contributed by atoms with E-state index in [9.17, 15) is 4.79 Å². The van der Waals surface area contributed by atoms with Crippen molar-refractivity contribution in [1.82, 2.24) is 0 Å². The number of aryl methyl sites for hydroxylation is 1. The quantitative estimate of drug-likeness (QED) is 0.600. The Balaban J connectivity index is 3.08. The first-order chi connectivity index (χ1) is 8.26. The molecule has 0 spiro atoms. The molecule has 0 aliphatic heterocycles. The number of aliphatic hydroxyl groups excluding tert-OH is 1. The van der Waals surface area contributed by atoms with E-state index in [4.69, 9.17) is 15.9 Å². The molecule has 5 heteroatoms. The monoisotopic (exact) mass is 252 g/mol. The normalized spacial score (nSPS) is 11.3. The Bertz CT molecular complexity index is 456. The number of nitrogen functional groups attached to an aromatic ring is 1. The minimum Gasteiger partial charge on any atom is -0.478 e. The van der Waals surface area contributed by atoms with Gasteiger partial charge in [-0.05, 0) is 44.9 Å². The van der Waals surface area contributed by atoms with Crippen LogP contribution in [0.4, 0.5) is 11.4 Å². The van der Waals surface area contributed by atoms with Gasteiger partial charge in [0.2, 0.25) is 0 Å². The Morgan fingerprint density at radius 2 is 2.06 bits per heavy atom. The summed E-state index contributed by atoms with van der Waals surface area (Å²) < 4.78 is 0. The molecular formula is C13H20N2O3. The standard InChI is InChI=1S/C13H20N2O3/c1-8-6-9(15-13(2,3)4-5-16)7-10(11(8)14)12(17)18/h6-7,15-16H,4-5,14H2,1-3H3,(H,17,18). The lowest BCUT2D eigenvalue weighted by molar-refractivity contribution is 0.0698. The molecule has 5 nitrogen and oxygen atoms in total. The maximum absolute atomic E-state index is 11.1. The van der Waals surface area contributed by atoms with Gasteiger partial charge in [0.15, 0.2) is 0 Å². The van der Waals surface area contributed by atoms with Crippen LogP contribution in [0.2, 0.25) is 0 Å². The Morgan fingerprint density at radius 1 is 1.44 bits per heavy atom. The first kappa shape index (κ1) is 14.3. The second kappa shape index (κ2) is 5.27. The van der Waals surface area contributed by atoms with Crippen LogP contribution in [0.1, 0.15) is 36.2 Å². The molecule has 1 aromatic carbocycles. The number of aromatic carboxylic acids is 1. The van der Waals surface area contributed by atoms with E-state index in [1.54, 1.807) is 13.0 Å². The number of nitrogens with one attached hydrogen (secondary N) is 1. The van der Waals surface area contributed by atoms with E-state index in [0.717, 1.165) is 5.56 Å². The lowest BCUT2D eigenvalue weighted by atomic mass is 9.99. The fourth-order valence-corrected chi connectivity index (χ4v) is 1.78. The van der Waals surface area contributed by atoms with Crippen molar-refractivity contribution >= 4 is 17.3 Å². The molecule has 0 aliphatic rings. The Kier molecular flexibility index (Phi) is 4.19. The number of hydrogen-bond donors (Lipinski definition) is 4. The number of carboxylic acid groups (broad SMARTS) is 1. The van der Waals surface area contributed by atoms with Crippen LogP contribution in [-0.2, 0) is 0 Å². The molecule has 0 aromatic heterocycles. The third-order valence-corrected chi connectivity index (χ3v) is 2.84. The molecule has 0 saturated carbocycles. The largest absolute Gasteiger partial charge is 0.478 e. The number of nitrogens with two attached hydrogens (primary N) is 1. The summed E-state index contributed by atoms with van der Waals surface area (Å²) in [7, 11) is 0. The molecule has 18 heavy (non-hydrogen) atoms. The van der Waals surface area contributed by atoms with Crippen LogP contribution in [0.25, 0.3) is 0 Å². The smallest absolute Gasteiger partial charge is 0.337 e. The van der Waals surface area contributed by atoms with Gasteiger partial charge in [0.25, 0.3) is 0 Å². The molecule has 0 fully saturated rings. The molecule has 0 unspecified atom stereocenters. The lowest BCUT2D eigenvalue weighted by Crippen LogP contribution is -2.32. The second-order valence-corrected chi connectivity index (χ2v) is 5.04. The van der Waals surface area contributed by atoms with Gasteiger partial charge in [0, 0.05) is 23.5 Å². The topological polar surface area (TPSA) is 95.6 Å². The molecule has 0 amide bonds. The number of hydrogen-bond acceptors (Lipinski definition) is 4. The average Bonchev–Trinajstić information content (AvgIpc) is 2.21. The molecule has 0 aliphatic carbocycles. The number of aliphatic hydroxyl groups is 1. The summed E-state index contributed by atoms with van der Waals surface area (Å²) in [5.74, 6) is -1.04. The molecular weight excluding hydrogens is 232 g/mol. The fraction of sp³-hybridized carbons (Fsp3) is 0.462. The summed E-state index contributed by atoms with van der Waals surface area (Å²) >= 11 is 0. The molecule has 0 radical (unpaired) electrons. The van der Waals surface area contributed by atoms with Crippen molar-refractivity contribution < 1.29 is 15.0 Å². The number of anilines is 2. The zero-order chi connectivity index (χ0) is 13.9. The maximum Gasteiger partial charge on any atom is 0.337 e. The summed E-state index contributed by atoms with van der Waals surface area (Å²) in [6, 6.07) is 3.32. The summed E-state index contributed by atoms with van der Waals surface area (Å²) in [6.07, 6.45) is 0.568. The van der Waals surface area contributed by atoms with Crippen LogP contribution in [0.15, 0.2) is 12.1 Å². The average molecular weight is 252 g/mol. The van der Waals surface area contributed by atoms with Crippen molar-refractivity contribution in [2.24, 2.45) is 0 Å². The highest BCUT2D eigenvalue weighted by atomic mass is 16.4. The number of benzene rings is 1. The highest BCUT2D eigenvalue weighted by Crippen LogP contribution is 2.25. The first-order valence-corrected chi connectivity index (χ1v) is 5.79. The van der Waals surface area contributed by atoms with Gasteiger partial charge < -0.3 is 21.3 Å². The molecule has 0 bridgehead atoms. The highest BCUT2D eigenvalue weighted by molar-refractivity contribution is 5.95. The minimum atomic E-state index is -1.04. The summed E-state index contributed by atoms with van der Waals surface area (Å²) in [5, 5.41) is 21.2. The molecule has 0 atom stereocenters. The molecule has 1 aromatic rings. The number of carbonyl (C=O) groups is 1. The fourth-order valence-electron chi connectivity index (χ4n) is 1.78. The van der Waals surface area contributed by atoms with Crippen LogP contribution in [0, 0.1) is 6.92 Å². The Hall–Kier alpha value is -1.75. The predicted octanol–water partition coefficient (Wildman–Crippen LogP) is 1.85. The predicted molar refractivity (Wildman–Crippen MR) is 72.0 cm³/mol. The van der Waals surface area contributed by atoms with E-state index in [0.29, 0.717) is 12.1 Å². The van der Waals surface area contributed by atoms with Crippen molar-refractivity contribution in [3.63, 3.8) is 0 Å². The zero-order valence-corrected chi connectivity index (χ0v) is 10.9. The van der Waals surface area contributed by atoms with E-state index in [-0.39, 0.29) is 23.4 Å². The van der Waals surface area contributed by atoms with Gasteiger partial charge in [-0.2, -0.15) is 0 Å². The first-order valence-electron chi connectivity index (χ1n) is 5.79. The van der Waals surface area contributed by atoms with Gasteiger partial charge in [-0.3, -0.25) is 0 Å². The third-order valence-electron chi connectivity index (χ3n) is 2.84. The van der Waals surface area contributed by atoms with Gasteiger partial charge in [0.1, 0.15) is 0 Å². The van der Waals surface area contributed by atoms with Gasteiger partial charge in [-0.1, -0.05) is 0 Å². The van der Waals surface area contributed by atoms with E-state index < -0.39 is 5.97 Å². The lowest BCUT2D eigenvalue weighted by Gasteiger charge is -2.27. The van der Waals surface area contributed by atoms with Crippen LogP contribution in [0.3, 0.4) is 0 Å². The van der Waals surface area contributed by atoms with E-state index >= 15 is 0 Å². The molecule has 1 rings (SSSR count). The molecule has 5 N–H and O–H groups in total. The zero-order valence-electron chi connectivity index (χ0n) is 10.9. The van der Waals surface area contributed by atoms with Crippen LogP contribution >= 0.6 is 0 Å². The van der Waals surface area contributed by atoms with Crippen molar-refractivity contribution in [3.05, 3.63) is 23.3 Å². The SMILES string of the molecule is Cc1cc(NC(C)(C)CCO)cc(C(=O)O)c1N. The van der Waals surface area contributed by atoms with Crippen molar-refractivity contribution in [1.29, 1.82) is 0 Å². The van der Waals surface area contributed by atoms with Crippen molar-refractivity contribution in [2.45, 2.75) is 32.7 Å². The molecule has 100 valence electrons. The van der Waals surface area contributed by atoms with E-state index in [2.05, 4.69) is 5.32 Å². The van der Waals surface area contributed by atoms with Crippen molar-refractivity contribution in [2.75, 3.05) is 17.7 Å². The number of carboxylic acids is 1.